The first-order chi connectivity index (χ1) is 6.87. The van der Waals surface area contributed by atoms with E-state index < -0.39 is 0 Å². The minimum atomic E-state index is -0.328. The maximum absolute atomic E-state index is 10.5. The molecule has 0 aromatic heterocycles. The Bertz CT molecular complexity index is 375. The molecule has 0 saturated carbocycles. The van der Waals surface area contributed by atoms with Crippen LogP contribution >= 0.6 is 0 Å². The third kappa shape index (κ3) is 2.03. The van der Waals surface area contributed by atoms with Gasteiger partial charge in [-0.05, 0) is 12.3 Å². The quantitative estimate of drug-likeness (QED) is 0.544. The monoisotopic (exact) mass is 391 g/mol. The van der Waals surface area contributed by atoms with Gasteiger partial charge in [-0.2, -0.15) is 15.4 Å². The average Bonchev–Trinajstić information content (AvgIpc) is 2.34. The molecule has 4 nitrogen and oxygen atoms in total. The fraction of sp³-hybridized carbons (Fsp3) is 0.545. The first-order valence-electron chi connectivity index (χ1n) is 4.81. The molecule has 1 aliphatic rings. The maximum Gasteiger partial charge on any atom is 0.0902 e. The summed E-state index contributed by atoms with van der Waals surface area (Å²) in [6.07, 6.45) is -0.228. The molecule has 16 heavy (non-hydrogen) atoms. The molecule has 0 atom stereocenters. The number of rotatable bonds is 3. The largest absolute Gasteiger partial charge is 0.187 e. The second-order valence-electron chi connectivity index (χ2n) is 4.38. The Balaban J connectivity index is 0.00000225. The summed E-state index contributed by atoms with van der Waals surface area (Å²) in [7, 11) is 0. The molecule has 0 unspecified atom stereocenters. The van der Waals surface area contributed by atoms with Gasteiger partial charge in [-0.3, -0.25) is 0 Å². The Morgan fingerprint density at radius 2 is 1.44 bits per heavy atom. The van der Waals surface area contributed by atoms with E-state index in [4.69, 9.17) is 0 Å². The summed E-state index contributed by atoms with van der Waals surface area (Å²) in [6, 6.07) is 0. The van der Waals surface area contributed by atoms with E-state index >= 15 is 0 Å². The Kier molecular flexibility index (Phi) is 4.81. The van der Waals surface area contributed by atoms with Crippen LogP contribution in [0.2, 0.25) is 0 Å². The normalized spacial score (nSPS) is 18.3. The van der Waals surface area contributed by atoms with Crippen LogP contribution in [0.4, 0.5) is 0 Å². The van der Waals surface area contributed by atoms with Crippen LogP contribution in [-0.2, 0) is 21.1 Å². The topological polar surface area (TPSA) is 58.9 Å². The molecule has 0 aliphatic heterocycles. The standard InChI is InChI=1S/C11H15N2O2.W/c1-6-7(2)9(10(12-14)13-15)11(4,5)8(6)3;/h1-5H3;/q-1;. The summed E-state index contributed by atoms with van der Waals surface area (Å²) in [5.74, 6) is 0. The van der Waals surface area contributed by atoms with Crippen LogP contribution in [0.25, 0.3) is 0 Å². The Morgan fingerprint density at radius 1 is 1.00 bits per heavy atom. The number of hydrogen-bond acceptors (Lipinski definition) is 4. The number of allylic oxidation sites excluding steroid dienone is 3. The first kappa shape index (κ1) is 15.2. The summed E-state index contributed by atoms with van der Waals surface area (Å²) in [6.45, 7) is 9.80. The fourth-order valence-corrected chi connectivity index (χ4v) is 2.15. The van der Waals surface area contributed by atoms with Crippen molar-refractivity contribution in [1.29, 1.82) is 0 Å². The molecule has 0 N–H and O–H groups in total. The molecule has 0 heterocycles. The van der Waals surface area contributed by atoms with E-state index in [9.17, 15) is 9.81 Å². The SMILES string of the molecule is CC1=C(C)C(C)(C)C([C-](N=O)N=O)=C1C.[W]. The van der Waals surface area contributed by atoms with E-state index in [1.165, 1.54) is 0 Å². The zero-order valence-corrected chi connectivity index (χ0v) is 13.1. The molecule has 0 fully saturated rings. The van der Waals surface area contributed by atoms with Crippen molar-refractivity contribution in [3.8, 4) is 0 Å². The van der Waals surface area contributed by atoms with E-state index in [-0.39, 0.29) is 32.6 Å². The summed E-state index contributed by atoms with van der Waals surface area (Å²) in [4.78, 5) is 21.1. The van der Waals surface area contributed by atoms with Gasteiger partial charge in [-0.15, -0.1) is 28.4 Å². The summed E-state index contributed by atoms with van der Waals surface area (Å²) < 4.78 is 0. The van der Waals surface area contributed by atoms with Gasteiger partial charge in [-0.1, -0.05) is 26.3 Å². The molecule has 0 radical (unpaired) electrons. The maximum atomic E-state index is 10.5. The van der Waals surface area contributed by atoms with Crippen LogP contribution in [-0.4, -0.2) is 0 Å². The predicted molar refractivity (Wildman–Crippen MR) is 59.7 cm³/mol. The molecule has 0 amide bonds. The van der Waals surface area contributed by atoms with Gasteiger partial charge >= 0.3 is 0 Å². The Hall–Kier alpha value is -0.762. The summed E-state index contributed by atoms with van der Waals surface area (Å²) >= 11 is 0. The Labute approximate surface area is 110 Å². The van der Waals surface area contributed by atoms with E-state index in [1.807, 2.05) is 34.6 Å². The smallest absolute Gasteiger partial charge is 0.0902 e. The minimum absolute atomic E-state index is 0. The Morgan fingerprint density at radius 3 is 1.69 bits per heavy atom. The van der Waals surface area contributed by atoms with Crippen molar-refractivity contribution in [1.82, 2.24) is 0 Å². The molecule has 1 rings (SSSR count). The van der Waals surface area contributed by atoms with Crippen LogP contribution in [0.5, 0.6) is 0 Å². The molecule has 5 heteroatoms. The molecule has 0 spiro atoms. The van der Waals surface area contributed by atoms with Gasteiger partial charge in [0.1, 0.15) is 0 Å². The number of nitroso groups, excluding NO2 is 2. The summed E-state index contributed by atoms with van der Waals surface area (Å²) in [5.41, 5.74) is 3.53. The zero-order valence-electron chi connectivity index (χ0n) is 10.1. The van der Waals surface area contributed by atoms with Gasteiger partial charge in [-0.25, -0.2) is 0 Å². The second-order valence-corrected chi connectivity index (χ2v) is 4.38. The summed E-state index contributed by atoms with van der Waals surface area (Å²) in [5, 5.41) is 5.41. The van der Waals surface area contributed by atoms with E-state index in [0.29, 0.717) is 5.57 Å². The second kappa shape index (κ2) is 5.05. The van der Waals surface area contributed by atoms with Crippen LogP contribution in [0, 0.1) is 21.4 Å². The van der Waals surface area contributed by atoms with E-state index in [2.05, 4.69) is 10.4 Å². The van der Waals surface area contributed by atoms with Crippen LogP contribution in [0.3, 0.4) is 0 Å². The molecular formula is C11H15N2O2W-. The number of hydrogen-bond donors (Lipinski definition) is 0. The van der Waals surface area contributed by atoms with Gasteiger partial charge < -0.3 is 0 Å². The van der Waals surface area contributed by atoms with Crippen LogP contribution < -0.4 is 0 Å². The molecule has 0 saturated heterocycles. The molecule has 1 aliphatic carbocycles. The molecule has 0 bridgehead atoms. The van der Waals surface area contributed by atoms with Crippen molar-refractivity contribution in [2.24, 2.45) is 15.8 Å². The van der Waals surface area contributed by atoms with Crippen molar-refractivity contribution in [2.45, 2.75) is 34.6 Å². The number of nitrogens with zero attached hydrogens (tertiary/aromatic N) is 2. The minimum Gasteiger partial charge on any atom is -0.187 e. The molecule has 88 valence electrons. The van der Waals surface area contributed by atoms with Gasteiger partial charge in [0, 0.05) is 21.1 Å². The average molecular weight is 391 g/mol. The third-order valence-electron chi connectivity index (χ3n) is 3.46. The zero-order chi connectivity index (χ0) is 11.8. The van der Waals surface area contributed by atoms with Crippen molar-refractivity contribution < 1.29 is 21.1 Å². The van der Waals surface area contributed by atoms with Gasteiger partial charge in [0.15, 0.2) is 0 Å². The van der Waals surface area contributed by atoms with Crippen LogP contribution in [0.15, 0.2) is 32.6 Å². The van der Waals surface area contributed by atoms with E-state index in [0.717, 1.165) is 16.7 Å². The third-order valence-corrected chi connectivity index (χ3v) is 3.46. The van der Waals surface area contributed by atoms with Crippen LogP contribution in [0.1, 0.15) is 34.6 Å². The van der Waals surface area contributed by atoms with Crippen molar-refractivity contribution >= 4 is 0 Å². The van der Waals surface area contributed by atoms with Crippen molar-refractivity contribution in [3.63, 3.8) is 0 Å². The molecule has 0 aromatic rings. The molecular weight excluding hydrogens is 376 g/mol. The fourth-order valence-electron chi connectivity index (χ4n) is 2.15. The van der Waals surface area contributed by atoms with E-state index in [1.54, 1.807) is 0 Å². The predicted octanol–water partition coefficient (Wildman–Crippen LogP) is 3.70. The van der Waals surface area contributed by atoms with Crippen molar-refractivity contribution in [3.05, 3.63) is 38.3 Å². The van der Waals surface area contributed by atoms with Gasteiger partial charge in [0.25, 0.3) is 0 Å². The van der Waals surface area contributed by atoms with Gasteiger partial charge in [0.05, 0.1) is 6.17 Å². The van der Waals surface area contributed by atoms with Gasteiger partial charge in [0.2, 0.25) is 0 Å². The molecule has 0 aromatic carbocycles. The first-order valence-corrected chi connectivity index (χ1v) is 4.81. The van der Waals surface area contributed by atoms with Crippen molar-refractivity contribution in [2.75, 3.05) is 0 Å².